The van der Waals surface area contributed by atoms with Gasteiger partial charge in [-0.05, 0) is 79.0 Å². The smallest absolute Gasteiger partial charge is 0.204 e. The van der Waals surface area contributed by atoms with E-state index >= 15 is 0 Å². The maximum absolute atomic E-state index is 14.0. The van der Waals surface area contributed by atoms with E-state index in [0.29, 0.717) is 29.3 Å². The van der Waals surface area contributed by atoms with Crippen LogP contribution < -0.4 is 0 Å². The Labute approximate surface area is 262 Å². The van der Waals surface area contributed by atoms with Gasteiger partial charge >= 0.3 is 0 Å². The molecule has 3 nitrogen and oxygen atoms in total. The summed E-state index contributed by atoms with van der Waals surface area (Å²) >= 11 is 13.7. The van der Waals surface area contributed by atoms with Crippen LogP contribution in [0.15, 0.2) is 114 Å². The van der Waals surface area contributed by atoms with Crippen molar-refractivity contribution >= 4 is 52.5 Å². The summed E-state index contributed by atoms with van der Waals surface area (Å²) in [5.74, 6) is 0. The Morgan fingerprint density at radius 2 is 1.39 bits per heavy atom. The largest absolute Gasteiger partial charge is 0.303 e. The van der Waals surface area contributed by atoms with Gasteiger partial charge < -0.3 is 4.90 Å². The van der Waals surface area contributed by atoms with Crippen molar-refractivity contribution < 1.29 is 4.79 Å². The van der Waals surface area contributed by atoms with Crippen molar-refractivity contribution in [1.29, 1.82) is 5.26 Å². The van der Waals surface area contributed by atoms with Gasteiger partial charge in [0.1, 0.15) is 5.41 Å². The number of likely N-dealkylation sites (tertiary alicyclic amines) is 1. The summed E-state index contributed by atoms with van der Waals surface area (Å²) in [6.45, 7) is 2.29. The van der Waals surface area contributed by atoms with Crippen molar-refractivity contribution in [3.05, 3.63) is 136 Å². The lowest BCUT2D eigenvalue weighted by Crippen LogP contribution is -2.47. The van der Waals surface area contributed by atoms with E-state index in [2.05, 4.69) is 23.1 Å². The van der Waals surface area contributed by atoms with Crippen LogP contribution >= 0.6 is 47.4 Å². The minimum Gasteiger partial charge on any atom is -0.303 e. The van der Waals surface area contributed by atoms with E-state index in [1.165, 1.54) is 11.8 Å². The topological polar surface area (TPSA) is 44.1 Å². The van der Waals surface area contributed by atoms with E-state index in [1.807, 2.05) is 84.9 Å². The molecule has 4 aromatic rings. The Morgan fingerprint density at radius 3 is 1.90 bits per heavy atom. The molecule has 0 N–H and O–H groups in total. The fourth-order valence-corrected chi connectivity index (χ4v) is 7.23. The number of carbonyl (C=O) groups excluding carboxylic acids is 1. The number of halogens is 3. The standard InChI is InChI=1S/C34H30Cl2N2OS.ClH/c35-29-16-17-31(30(36)24-29)40-32(39)33(26-10-4-1-5-11-26)18-21-38(22-19-33)23-20-34(25-37,27-12-6-2-7-13-27)28-14-8-3-9-15-28;/h1-17,24H,18-23H2;1H. The third-order valence-corrected chi connectivity index (χ3v) is 9.86. The number of nitrogens with zero attached hydrogens (tertiary/aromatic N) is 2. The molecule has 0 aromatic heterocycles. The maximum Gasteiger partial charge on any atom is 0.204 e. The zero-order valence-electron chi connectivity index (χ0n) is 22.5. The zero-order chi connectivity index (χ0) is 28.0. The van der Waals surface area contributed by atoms with Gasteiger partial charge in [0.15, 0.2) is 0 Å². The first-order chi connectivity index (χ1) is 19.5. The van der Waals surface area contributed by atoms with E-state index in [9.17, 15) is 10.1 Å². The molecule has 0 atom stereocenters. The Bertz CT molecular complexity index is 1450. The normalized spacial score (nSPS) is 15.0. The lowest BCUT2D eigenvalue weighted by atomic mass is 9.72. The number of rotatable bonds is 8. The molecule has 0 radical (unpaired) electrons. The number of benzene rings is 4. The summed E-state index contributed by atoms with van der Waals surface area (Å²) in [6, 6.07) is 38.2. The number of hydrogen-bond donors (Lipinski definition) is 0. The molecule has 0 aliphatic carbocycles. The van der Waals surface area contributed by atoms with Crippen molar-refractivity contribution in [2.45, 2.75) is 35.0 Å². The van der Waals surface area contributed by atoms with Gasteiger partial charge in [-0.2, -0.15) is 5.26 Å². The first-order valence-corrected chi connectivity index (χ1v) is 15.0. The SMILES string of the molecule is Cl.N#CC(CCN1CCC(C(=O)Sc2ccc(Cl)cc2Cl)(c2ccccc2)CC1)(c1ccccc1)c1ccccc1. The average molecular weight is 622 g/mol. The van der Waals surface area contributed by atoms with Gasteiger partial charge in [-0.3, -0.25) is 4.79 Å². The van der Waals surface area contributed by atoms with Gasteiger partial charge in [0.25, 0.3) is 0 Å². The van der Waals surface area contributed by atoms with Crippen LogP contribution in [0.5, 0.6) is 0 Å². The minimum absolute atomic E-state index is 0. The van der Waals surface area contributed by atoms with Crippen LogP contribution in [-0.2, 0) is 15.6 Å². The van der Waals surface area contributed by atoms with Crippen LogP contribution in [0.4, 0.5) is 0 Å². The summed E-state index contributed by atoms with van der Waals surface area (Å²) in [4.78, 5) is 17.1. The van der Waals surface area contributed by atoms with E-state index in [1.54, 1.807) is 12.1 Å². The Kier molecular flexibility index (Phi) is 10.6. The Hall–Kier alpha value is -2.78. The number of thioether (sulfide) groups is 1. The quantitative estimate of drug-likeness (QED) is 0.184. The highest BCUT2D eigenvalue weighted by molar-refractivity contribution is 8.14. The summed E-state index contributed by atoms with van der Waals surface area (Å²) < 4.78 is 0. The summed E-state index contributed by atoms with van der Waals surface area (Å²) in [6.07, 6.45) is 2.06. The van der Waals surface area contributed by atoms with Gasteiger partial charge in [-0.25, -0.2) is 0 Å². The van der Waals surface area contributed by atoms with Crippen molar-refractivity contribution in [2.24, 2.45) is 0 Å². The predicted molar refractivity (Wildman–Crippen MR) is 172 cm³/mol. The average Bonchev–Trinajstić information content (AvgIpc) is 3.01. The van der Waals surface area contributed by atoms with Crippen molar-refractivity contribution in [3.8, 4) is 6.07 Å². The molecule has 4 aromatic carbocycles. The molecule has 7 heteroatoms. The lowest BCUT2D eigenvalue weighted by molar-refractivity contribution is -0.117. The second kappa shape index (κ2) is 13.9. The third kappa shape index (κ3) is 6.67. The van der Waals surface area contributed by atoms with Crippen molar-refractivity contribution in [3.63, 3.8) is 0 Å². The molecular weight excluding hydrogens is 591 g/mol. The fraction of sp³-hybridized carbons (Fsp3) is 0.235. The van der Waals surface area contributed by atoms with Crippen molar-refractivity contribution in [1.82, 2.24) is 4.90 Å². The molecule has 1 saturated heterocycles. The van der Waals surface area contributed by atoms with Gasteiger partial charge in [-0.15, -0.1) is 12.4 Å². The van der Waals surface area contributed by atoms with E-state index in [-0.39, 0.29) is 17.5 Å². The fourth-order valence-electron chi connectivity index (χ4n) is 5.69. The van der Waals surface area contributed by atoms with Crippen LogP contribution in [0.25, 0.3) is 0 Å². The van der Waals surface area contributed by atoms with Crippen LogP contribution in [-0.4, -0.2) is 29.6 Å². The first-order valence-electron chi connectivity index (χ1n) is 13.4. The van der Waals surface area contributed by atoms with Crippen LogP contribution in [0, 0.1) is 11.3 Å². The molecule has 0 saturated carbocycles. The molecule has 0 bridgehead atoms. The highest BCUT2D eigenvalue weighted by Crippen LogP contribution is 2.44. The molecule has 1 fully saturated rings. The Balaban J connectivity index is 0.00000387. The second-order valence-corrected chi connectivity index (χ2v) is 12.1. The van der Waals surface area contributed by atoms with Crippen LogP contribution in [0.1, 0.15) is 36.0 Å². The van der Waals surface area contributed by atoms with Crippen LogP contribution in [0.2, 0.25) is 10.0 Å². The lowest BCUT2D eigenvalue weighted by Gasteiger charge is -2.41. The molecule has 1 aliphatic heterocycles. The van der Waals surface area contributed by atoms with E-state index < -0.39 is 10.8 Å². The third-order valence-electron chi connectivity index (χ3n) is 8.05. The first kappa shape index (κ1) is 31.2. The van der Waals surface area contributed by atoms with Gasteiger partial charge in [-0.1, -0.05) is 114 Å². The Morgan fingerprint density at radius 1 is 0.854 bits per heavy atom. The number of nitriles is 1. The van der Waals surface area contributed by atoms with Gasteiger partial charge in [0, 0.05) is 16.5 Å². The summed E-state index contributed by atoms with van der Waals surface area (Å²) in [7, 11) is 0. The number of carbonyl (C=O) groups is 1. The zero-order valence-corrected chi connectivity index (χ0v) is 25.7. The molecule has 41 heavy (non-hydrogen) atoms. The maximum atomic E-state index is 14.0. The molecule has 1 heterocycles. The van der Waals surface area contributed by atoms with Gasteiger partial charge in [0.05, 0.1) is 16.5 Å². The molecular formula is C34H31Cl3N2OS. The molecule has 0 spiro atoms. The van der Waals surface area contributed by atoms with Crippen molar-refractivity contribution in [2.75, 3.05) is 19.6 Å². The highest BCUT2D eigenvalue weighted by atomic mass is 35.5. The number of hydrogen-bond acceptors (Lipinski definition) is 4. The van der Waals surface area contributed by atoms with Gasteiger partial charge in [0.2, 0.25) is 5.12 Å². The van der Waals surface area contributed by atoms with Crippen LogP contribution in [0.3, 0.4) is 0 Å². The molecule has 0 unspecified atom stereocenters. The molecule has 1 aliphatic rings. The number of piperidine rings is 1. The second-order valence-electron chi connectivity index (χ2n) is 10.3. The summed E-state index contributed by atoms with van der Waals surface area (Å²) in [5.41, 5.74) is 1.69. The van der Waals surface area contributed by atoms with E-state index in [4.69, 9.17) is 23.2 Å². The molecule has 0 amide bonds. The monoisotopic (exact) mass is 620 g/mol. The molecule has 210 valence electrons. The summed E-state index contributed by atoms with van der Waals surface area (Å²) in [5, 5.41) is 11.7. The molecule has 5 rings (SSSR count). The predicted octanol–water partition coefficient (Wildman–Crippen LogP) is 8.97. The highest BCUT2D eigenvalue weighted by Gasteiger charge is 2.44. The van der Waals surface area contributed by atoms with E-state index in [0.717, 1.165) is 41.2 Å². The minimum atomic E-state index is -0.743.